The van der Waals surface area contributed by atoms with Gasteiger partial charge in [-0.3, -0.25) is 4.90 Å². The van der Waals surface area contributed by atoms with Crippen LogP contribution in [-0.2, 0) is 0 Å². The zero-order valence-corrected chi connectivity index (χ0v) is 12.1. The number of hydrogen-bond donors (Lipinski definition) is 1. The number of benzene rings is 1. The number of halogens is 1. The summed E-state index contributed by atoms with van der Waals surface area (Å²) in [6.45, 7) is 10.4. The van der Waals surface area contributed by atoms with E-state index in [4.69, 9.17) is 5.73 Å². The number of hydrogen-bond acceptors (Lipinski definition) is 3. The lowest BCUT2D eigenvalue weighted by Crippen LogP contribution is -2.49. The van der Waals surface area contributed by atoms with E-state index in [1.165, 1.54) is 6.07 Å². The first-order valence-electron chi connectivity index (χ1n) is 7.03. The minimum atomic E-state index is -0.211. The van der Waals surface area contributed by atoms with Crippen molar-refractivity contribution in [1.82, 2.24) is 4.90 Å². The van der Waals surface area contributed by atoms with E-state index in [0.717, 1.165) is 37.4 Å². The maximum absolute atomic E-state index is 13.4. The number of nitrogens with two attached hydrogens (primary N) is 1. The highest BCUT2D eigenvalue weighted by Gasteiger charge is 2.21. The third kappa shape index (κ3) is 3.25. The summed E-state index contributed by atoms with van der Waals surface area (Å²) in [5, 5.41) is 0. The predicted molar refractivity (Wildman–Crippen MR) is 77.9 cm³/mol. The maximum atomic E-state index is 13.4. The van der Waals surface area contributed by atoms with Gasteiger partial charge in [-0.2, -0.15) is 0 Å². The van der Waals surface area contributed by atoms with Crippen molar-refractivity contribution in [2.75, 3.05) is 31.1 Å². The van der Waals surface area contributed by atoms with Crippen molar-refractivity contribution in [3.63, 3.8) is 0 Å². The number of piperazine rings is 1. The van der Waals surface area contributed by atoms with Gasteiger partial charge in [0, 0.05) is 44.0 Å². The SMILES string of the molecule is CC(C)N1CCN(c2ccc(F)cc2[C@H](C)N)CC1. The number of nitrogens with zero attached hydrogens (tertiary/aromatic N) is 2. The van der Waals surface area contributed by atoms with Gasteiger partial charge in [-0.05, 0) is 44.5 Å². The molecule has 0 spiro atoms. The van der Waals surface area contributed by atoms with E-state index in [0.29, 0.717) is 6.04 Å². The van der Waals surface area contributed by atoms with Crippen LogP contribution in [0.25, 0.3) is 0 Å². The van der Waals surface area contributed by atoms with E-state index < -0.39 is 0 Å². The topological polar surface area (TPSA) is 32.5 Å². The fraction of sp³-hybridized carbons (Fsp3) is 0.600. The van der Waals surface area contributed by atoms with Crippen LogP contribution in [0.4, 0.5) is 10.1 Å². The lowest BCUT2D eigenvalue weighted by atomic mass is 10.0. The summed E-state index contributed by atoms with van der Waals surface area (Å²) in [5.41, 5.74) is 7.95. The van der Waals surface area contributed by atoms with Crippen LogP contribution in [0.5, 0.6) is 0 Å². The van der Waals surface area contributed by atoms with Crippen molar-refractivity contribution < 1.29 is 4.39 Å². The molecule has 0 saturated carbocycles. The van der Waals surface area contributed by atoms with Crippen molar-refractivity contribution in [2.24, 2.45) is 5.73 Å². The van der Waals surface area contributed by atoms with E-state index in [1.54, 1.807) is 6.07 Å². The zero-order valence-electron chi connectivity index (χ0n) is 12.1. The summed E-state index contributed by atoms with van der Waals surface area (Å²) < 4.78 is 13.4. The second kappa shape index (κ2) is 5.88. The van der Waals surface area contributed by atoms with Crippen molar-refractivity contribution >= 4 is 5.69 Å². The van der Waals surface area contributed by atoms with Gasteiger partial charge >= 0.3 is 0 Å². The highest BCUT2D eigenvalue weighted by Crippen LogP contribution is 2.27. The van der Waals surface area contributed by atoms with E-state index >= 15 is 0 Å². The Kier molecular flexibility index (Phi) is 4.42. The van der Waals surface area contributed by atoms with Gasteiger partial charge in [0.15, 0.2) is 0 Å². The molecule has 19 heavy (non-hydrogen) atoms. The fourth-order valence-electron chi connectivity index (χ4n) is 2.66. The molecule has 0 radical (unpaired) electrons. The fourth-order valence-corrected chi connectivity index (χ4v) is 2.66. The van der Waals surface area contributed by atoms with Gasteiger partial charge in [0.2, 0.25) is 0 Å². The van der Waals surface area contributed by atoms with Crippen LogP contribution in [0.2, 0.25) is 0 Å². The molecule has 2 N–H and O–H groups in total. The Balaban J connectivity index is 2.15. The van der Waals surface area contributed by atoms with E-state index in [1.807, 2.05) is 13.0 Å². The van der Waals surface area contributed by atoms with Crippen LogP contribution in [0.1, 0.15) is 32.4 Å². The van der Waals surface area contributed by atoms with E-state index in [-0.39, 0.29) is 11.9 Å². The molecular weight excluding hydrogens is 241 g/mol. The zero-order chi connectivity index (χ0) is 14.0. The molecule has 1 aromatic rings. The second-order valence-corrected chi connectivity index (χ2v) is 5.61. The predicted octanol–water partition coefficient (Wildman–Crippen LogP) is 2.38. The number of anilines is 1. The molecule has 1 fully saturated rings. The normalized spacial score (nSPS) is 18.9. The van der Waals surface area contributed by atoms with Gasteiger partial charge in [0.25, 0.3) is 0 Å². The summed E-state index contributed by atoms with van der Waals surface area (Å²) >= 11 is 0. The third-order valence-electron chi connectivity index (χ3n) is 3.87. The molecule has 1 aromatic carbocycles. The van der Waals surface area contributed by atoms with Crippen molar-refractivity contribution in [1.29, 1.82) is 0 Å². The Morgan fingerprint density at radius 2 is 1.74 bits per heavy atom. The summed E-state index contributed by atoms with van der Waals surface area (Å²) in [4.78, 5) is 4.78. The monoisotopic (exact) mass is 265 g/mol. The molecule has 1 aliphatic heterocycles. The Morgan fingerprint density at radius 1 is 1.11 bits per heavy atom. The molecule has 1 atom stereocenters. The Morgan fingerprint density at radius 3 is 2.26 bits per heavy atom. The Labute approximate surface area is 115 Å². The molecule has 4 heteroatoms. The molecule has 1 aliphatic rings. The minimum absolute atomic E-state index is 0.145. The first-order chi connectivity index (χ1) is 8.99. The molecule has 0 aliphatic carbocycles. The molecular formula is C15H24FN3. The first-order valence-corrected chi connectivity index (χ1v) is 7.03. The molecule has 0 amide bonds. The average molecular weight is 265 g/mol. The highest BCUT2D eigenvalue weighted by molar-refractivity contribution is 5.55. The summed E-state index contributed by atoms with van der Waals surface area (Å²) in [7, 11) is 0. The summed E-state index contributed by atoms with van der Waals surface area (Å²) in [6, 6.07) is 5.39. The third-order valence-corrected chi connectivity index (χ3v) is 3.87. The van der Waals surface area contributed by atoms with Crippen LogP contribution in [0.15, 0.2) is 18.2 Å². The van der Waals surface area contributed by atoms with Crippen LogP contribution in [0, 0.1) is 5.82 Å². The molecule has 0 unspecified atom stereocenters. The minimum Gasteiger partial charge on any atom is -0.369 e. The molecule has 106 valence electrons. The molecule has 1 heterocycles. The van der Waals surface area contributed by atoms with Gasteiger partial charge in [0.1, 0.15) is 5.82 Å². The standard InChI is InChI=1S/C15H24FN3/c1-11(2)18-6-8-19(9-7-18)15-5-4-13(16)10-14(15)12(3)17/h4-5,10-12H,6-9,17H2,1-3H3/t12-/m0/s1. The van der Waals surface area contributed by atoms with Gasteiger partial charge in [0.05, 0.1) is 0 Å². The van der Waals surface area contributed by atoms with Crippen LogP contribution in [0.3, 0.4) is 0 Å². The molecule has 1 saturated heterocycles. The Hall–Kier alpha value is -1.13. The molecule has 2 rings (SSSR count). The van der Waals surface area contributed by atoms with Gasteiger partial charge < -0.3 is 10.6 Å². The lowest BCUT2D eigenvalue weighted by molar-refractivity contribution is 0.209. The lowest BCUT2D eigenvalue weighted by Gasteiger charge is -2.39. The second-order valence-electron chi connectivity index (χ2n) is 5.61. The number of rotatable bonds is 3. The van der Waals surface area contributed by atoms with Gasteiger partial charge in [-0.1, -0.05) is 0 Å². The maximum Gasteiger partial charge on any atom is 0.123 e. The molecule has 0 bridgehead atoms. The highest BCUT2D eigenvalue weighted by atomic mass is 19.1. The van der Waals surface area contributed by atoms with Crippen molar-refractivity contribution in [3.8, 4) is 0 Å². The summed E-state index contributed by atoms with van der Waals surface area (Å²) in [6.07, 6.45) is 0. The van der Waals surface area contributed by atoms with Crippen LogP contribution in [-0.4, -0.2) is 37.1 Å². The smallest absolute Gasteiger partial charge is 0.123 e. The van der Waals surface area contributed by atoms with Gasteiger partial charge in [-0.15, -0.1) is 0 Å². The average Bonchev–Trinajstić information content (AvgIpc) is 2.38. The molecule has 3 nitrogen and oxygen atoms in total. The van der Waals surface area contributed by atoms with Crippen molar-refractivity contribution in [3.05, 3.63) is 29.6 Å². The van der Waals surface area contributed by atoms with Crippen LogP contribution < -0.4 is 10.6 Å². The van der Waals surface area contributed by atoms with E-state index in [2.05, 4.69) is 23.6 Å². The van der Waals surface area contributed by atoms with Gasteiger partial charge in [-0.25, -0.2) is 4.39 Å². The van der Waals surface area contributed by atoms with Crippen LogP contribution >= 0.6 is 0 Å². The molecule has 0 aromatic heterocycles. The van der Waals surface area contributed by atoms with Crippen molar-refractivity contribution in [2.45, 2.75) is 32.9 Å². The first kappa shape index (κ1) is 14.3. The Bertz CT molecular complexity index is 423. The largest absolute Gasteiger partial charge is 0.369 e. The quantitative estimate of drug-likeness (QED) is 0.910. The van der Waals surface area contributed by atoms with E-state index in [9.17, 15) is 4.39 Å². The summed E-state index contributed by atoms with van der Waals surface area (Å²) in [5.74, 6) is -0.211.